The Bertz CT molecular complexity index is 859. The molecular formula is C16H10F3NO. The molecule has 0 amide bonds. The minimum Gasteiger partial charge on any atom is -0.355 e. The van der Waals surface area contributed by atoms with E-state index in [4.69, 9.17) is 0 Å². The fourth-order valence-corrected chi connectivity index (χ4v) is 2.44. The zero-order valence-corrected chi connectivity index (χ0v) is 10.7. The van der Waals surface area contributed by atoms with Gasteiger partial charge in [0.05, 0.1) is 5.57 Å². The molecule has 2 aromatic carbocycles. The number of rotatable bonds is 2. The van der Waals surface area contributed by atoms with E-state index < -0.39 is 11.7 Å². The summed E-state index contributed by atoms with van der Waals surface area (Å²) in [5, 5.41) is 1.55. The van der Waals surface area contributed by atoms with E-state index in [0.29, 0.717) is 11.5 Å². The highest BCUT2D eigenvalue weighted by atomic mass is 19.4. The molecule has 0 saturated heterocycles. The van der Waals surface area contributed by atoms with Crippen LogP contribution in [-0.2, 0) is 4.79 Å². The van der Waals surface area contributed by atoms with Gasteiger partial charge in [0.2, 0.25) is 0 Å². The van der Waals surface area contributed by atoms with Gasteiger partial charge in [-0.15, -0.1) is 0 Å². The summed E-state index contributed by atoms with van der Waals surface area (Å²) in [4.78, 5) is 13.6. The van der Waals surface area contributed by atoms with E-state index >= 15 is 0 Å². The fraction of sp³-hybridized carbons (Fsp3) is 0.0625. The smallest absolute Gasteiger partial charge is 0.355 e. The number of halogens is 3. The summed E-state index contributed by atoms with van der Waals surface area (Å²) < 4.78 is 39.0. The Morgan fingerprint density at radius 3 is 2.43 bits per heavy atom. The summed E-state index contributed by atoms with van der Waals surface area (Å²) in [5.74, 6) is 0. The summed E-state index contributed by atoms with van der Waals surface area (Å²) in [5.41, 5.74) is 0.654. The number of carbonyl (C=O) groups is 1. The third-order valence-electron chi connectivity index (χ3n) is 3.36. The lowest BCUT2D eigenvalue weighted by molar-refractivity contribution is -0.104. The van der Waals surface area contributed by atoms with E-state index in [1.807, 2.05) is 24.3 Å². The van der Waals surface area contributed by atoms with E-state index in [-0.39, 0.29) is 11.8 Å². The van der Waals surface area contributed by atoms with Crippen LogP contribution in [0, 0.1) is 0 Å². The van der Waals surface area contributed by atoms with Gasteiger partial charge in [0.15, 0.2) is 0 Å². The number of aldehydes is 1. The van der Waals surface area contributed by atoms with Crippen molar-refractivity contribution in [1.82, 2.24) is 4.98 Å². The van der Waals surface area contributed by atoms with Gasteiger partial charge in [0, 0.05) is 21.8 Å². The van der Waals surface area contributed by atoms with E-state index in [1.54, 1.807) is 6.07 Å². The maximum absolute atomic E-state index is 13.0. The molecule has 0 aliphatic rings. The van der Waals surface area contributed by atoms with Crippen molar-refractivity contribution < 1.29 is 18.0 Å². The van der Waals surface area contributed by atoms with Crippen molar-refractivity contribution in [2.75, 3.05) is 0 Å². The first-order chi connectivity index (χ1) is 10.0. The van der Waals surface area contributed by atoms with Crippen LogP contribution in [0.25, 0.3) is 27.4 Å². The molecule has 3 aromatic rings. The van der Waals surface area contributed by atoms with Crippen LogP contribution in [-0.4, -0.2) is 17.4 Å². The van der Waals surface area contributed by atoms with Crippen molar-refractivity contribution in [2.45, 2.75) is 6.18 Å². The number of fused-ring (bicyclic) bond motifs is 3. The van der Waals surface area contributed by atoms with Crippen LogP contribution in [0.3, 0.4) is 0 Å². The lowest BCUT2D eigenvalue weighted by Crippen LogP contribution is -2.10. The van der Waals surface area contributed by atoms with Crippen LogP contribution in [0.4, 0.5) is 13.2 Å². The van der Waals surface area contributed by atoms with Crippen molar-refractivity contribution in [1.29, 1.82) is 0 Å². The minimum atomic E-state index is -4.57. The second-order valence-electron chi connectivity index (χ2n) is 4.65. The summed E-state index contributed by atoms with van der Waals surface area (Å²) in [6.07, 6.45) is -3.86. The number of H-pyrrole nitrogens is 1. The van der Waals surface area contributed by atoms with Crippen molar-refractivity contribution >= 4 is 33.7 Å². The van der Waals surface area contributed by atoms with Crippen LogP contribution in [0.15, 0.2) is 48.5 Å². The highest BCUT2D eigenvalue weighted by molar-refractivity contribution is 6.08. The predicted octanol–water partition coefficient (Wildman–Crippen LogP) is 4.47. The Morgan fingerprint density at radius 2 is 1.71 bits per heavy atom. The molecule has 0 aliphatic carbocycles. The van der Waals surface area contributed by atoms with E-state index in [1.165, 1.54) is 12.1 Å². The van der Waals surface area contributed by atoms with Crippen LogP contribution in [0.2, 0.25) is 0 Å². The van der Waals surface area contributed by atoms with E-state index in [0.717, 1.165) is 16.4 Å². The van der Waals surface area contributed by atoms with Gasteiger partial charge in [0.1, 0.15) is 6.29 Å². The molecule has 2 nitrogen and oxygen atoms in total. The van der Waals surface area contributed by atoms with Gasteiger partial charge >= 0.3 is 6.18 Å². The fourth-order valence-electron chi connectivity index (χ4n) is 2.44. The molecule has 0 aliphatic heterocycles. The standard InChI is InChI=1S/C16H10F3NO/c17-16(18,19)13(7-8-21)10-5-6-15-12(9-10)11-3-1-2-4-14(11)20-15/h1-9,20H/b13-7+. The van der Waals surface area contributed by atoms with Gasteiger partial charge in [-0.2, -0.15) is 13.2 Å². The number of aromatic amines is 1. The number of para-hydroxylation sites is 1. The van der Waals surface area contributed by atoms with Crippen molar-refractivity contribution in [3.05, 3.63) is 54.1 Å². The van der Waals surface area contributed by atoms with E-state index in [9.17, 15) is 18.0 Å². The topological polar surface area (TPSA) is 32.9 Å². The second kappa shape index (κ2) is 4.77. The van der Waals surface area contributed by atoms with Gasteiger partial charge < -0.3 is 4.98 Å². The minimum absolute atomic E-state index is 0.0214. The first-order valence-electron chi connectivity index (χ1n) is 6.24. The number of allylic oxidation sites excluding steroid dienone is 2. The largest absolute Gasteiger partial charge is 0.417 e. The Balaban J connectivity index is 2.27. The molecule has 0 radical (unpaired) electrons. The lowest BCUT2D eigenvalue weighted by atomic mass is 10.0. The number of carbonyl (C=O) groups excluding carboxylic acids is 1. The normalized spacial score (nSPS) is 13.0. The maximum Gasteiger partial charge on any atom is 0.417 e. The first kappa shape index (κ1) is 13.4. The average Bonchev–Trinajstić information content (AvgIpc) is 2.81. The Morgan fingerprint density at radius 1 is 1.00 bits per heavy atom. The zero-order valence-electron chi connectivity index (χ0n) is 10.7. The molecular weight excluding hydrogens is 279 g/mol. The van der Waals surface area contributed by atoms with Gasteiger partial charge in [-0.05, 0) is 29.8 Å². The molecule has 21 heavy (non-hydrogen) atoms. The quantitative estimate of drug-likeness (QED) is 0.548. The Kier molecular flexibility index (Phi) is 3.05. The number of nitrogens with one attached hydrogen (secondary N) is 1. The summed E-state index contributed by atoms with van der Waals surface area (Å²) in [6.45, 7) is 0. The third-order valence-corrected chi connectivity index (χ3v) is 3.36. The van der Waals surface area contributed by atoms with Gasteiger partial charge in [-0.3, -0.25) is 4.79 Å². The van der Waals surface area contributed by atoms with Gasteiger partial charge in [-0.25, -0.2) is 0 Å². The van der Waals surface area contributed by atoms with Crippen LogP contribution >= 0.6 is 0 Å². The zero-order chi connectivity index (χ0) is 15.0. The average molecular weight is 289 g/mol. The third kappa shape index (κ3) is 2.31. The SMILES string of the molecule is O=C/C=C(\c1ccc2[nH]c3ccccc3c2c1)C(F)(F)F. The predicted molar refractivity (Wildman–Crippen MR) is 75.9 cm³/mol. The molecule has 0 atom stereocenters. The highest BCUT2D eigenvalue weighted by Gasteiger charge is 2.34. The molecule has 0 bridgehead atoms. The second-order valence-corrected chi connectivity index (χ2v) is 4.65. The molecule has 0 fully saturated rings. The summed E-state index contributed by atoms with van der Waals surface area (Å²) >= 11 is 0. The highest BCUT2D eigenvalue weighted by Crippen LogP contribution is 2.36. The molecule has 5 heteroatoms. The summed E-state index contributed by atoms with van der Waals surface area (Å²) in [6, 6.07) is 11.8. The Labute approximate surface area is 117 Å². The molecule has 106 valence electrons. The number of alkyl halides is 3. The first-order valence-corrected chi connectivity index (χ1v) is 6.24. The van der Waals surface area contributed by atoms with Crippen molar-refractivity contribution in [3.63, 3.8) is 0 Å². The van der Waals surface area contributed by atoms with Gasteiger partial charge in [0.25, 0.3) is 0 Å². The van der Waals surface area contributed by atoms with Crippen LogP contribution < -0.4 is 0 Å². The van der Waals surface area contributed by atoms with Crippen LogP contribution in [0.5, 0.6) is 0 Å². The lowest BCUT2D eigenvalue weighted by Gasteiger charge is -2.11. The molecule has 1 aromatic heterocycles. The number of hydrogen-bond acceptors (Lipinski definition) is 1. The number of hydrogen-bond donors (Lipinski definition) is 1. The molecule has 1 N–H and O–H groups in total. The van der Waals surface area contributed by atoms with Crippen molar-refractivity contribution in [2.24, 2.45) is 0 Å². The molecule has 0 saturated carbocycles. The number of aromatic nitrogens is 1. The Hall–Kier alpha value is -2.56. The van der Waals surface area contributed by atoms with Crippen LogP contribution in [0.1, 0.15) is 5.56 Å². The monoisotopic (exact) mass is 289 g/mol. The van der Waals surface area contributed by atoms with Gasteiger partial charge in [-0.1, -0.05) is 24.3 Å². The van der Waals surface area contributed by atoms with E-state index in [2.05, 4.69) is 4.98 Å². The van der Waals surface area contributed by atoms with Crippen molar-refractivity contribution in [3.8, 4) is 0 Å². The molecule has 0 spiro atoms. The molecule has 3 rings (SSSR count). The molecule has 1 heterocycles. The molecule has 0 unspecified atom stereocenters. The number of benzene rings is 2. The summed E-state index contributed by atoms with van der Waals surface area (Å²) in [7, 11) is 0. The maximum atomic E-state index is 13.0.